The molecule has 3 rings (SSSR count). The molecule has 1 heterocycles. The van der Waals surface area contributed by atoms with Crippen LogP contribution in [0.1, 0.15) is 15.9 Å². The standard InChI is InChI=1S/C17H13NO3S/c1-21-17(20)12-8-6-11(7-9-12)10-15-16(19)18-13-4-2-3-5-14(13)22-15/h2-10H,1H3,(H,18,19)/b15-10+. The predicted octanol–water partition coefficient (Wildman–Crippen LogP) is 3.56. The van der Waals surface area contributed by atoms with E-state index in [1.165, 1.54) is 18.9 Å². The lowest BCUT2D eigenvalue weighted by Gasteiger charge is -2.18. The lowest BCUT2D eigenvalue weighted by atomic mass is 10.1. The molecule has 0 atom stereocenters. The highest BCUT2D eigenvalue weighted by Crippen LogP contribution is 2.38. The Kier molecular flexibility index (Phi) is 3.98. The minimum Gasteiger partial charge on any atom is -0.465 e. The molecule has 2 aromatic carbocycles. The van der Waals surface area contributed by atoms with Crippen LogP contribution in [0, 0.1) is 0 Å². The van der Waals surface area contributed by atoms with Crippen molar-refractivity contribution in [2.75, 3.05) is 12.4 Å². The molecule has 4 nitrogen and oxygen atoms in total. The molecule has 1 aliphatic rings. The van der Waals surface area contributed by atoms with Gasteiger partial charge in [-0.25, -0.2) is 4.79 Å². The predicted molar refractivity (Wildman–Crippen MR) is 86.7 cm³/mol. The summed E-state index contributed by atoms with van der Waals surface area (Å²) >= 11 is 1.43. The first-order chi connectivity index (χ1) is 10.7. The van der Waals surface area contributed by atoms with Gasteiger partial charge in [-0.15, -0.1) is 0 Å². The summed E-state index contributed by atoms with van der Waals surface area (Å²) in [5.41, 5.74) is 2.16. The fraction of sp³-hybridized carbons (Fsp3) is 0.0588. The number of benzene rings is 2. The van der Waals surface area contributed by atoms with E-state index >= 15 is 0 Å². The number of fused-ring (bicyclic) bond motifs is 1. The van der Waals surface area contributed by atoms with E-state index < -0.39 is 0 Å². The third-order valence-electron chi connectivity index (χ3n) is 3.21. The van der Waals surface area contributed by atoms with Crippen LogP contribution in [-0.2, 0) is 9.53 Å². The van der Waals surface area contributed by atoms with Crippen LogP contribution in [0.3, 0.4) is 0 Å². The van der Waals surface area contributed by atoms with Crippen molar-refractivity contribution in [2.45, 2.75) is 4.90 Å². The van der Waals surface area contributed by atoms with Crippen LogP contribution in [0.4, 0.5) is 5.69 Å². The second kappa shape index (κ2) is 6.07. The topological polar surface area (TPSA) is 55.4 Å². The molecule has 0 aromatic heterocycles. The van der Waals surface area contributed by atoms with Gasteiger partial charge in [0.2, 0.25) is 0 Å². The number of nitrogens with one attached hydrogen (secondary N) is 1. The summed E-state index contributed by atoms with van der Waals surface area (Å²) in [6.07, 6.45) is 1.80. The molecular weight excluding hydrogens is 298 g/mol. The largest absolute Gasteiger partial charge is 0.465 e. The second-order valence-corrected chi connectivity index (χ2v) is 5.76. The maximum atomic E-state index is 12.1. The number of hydrogen-bond acceptors (Lipinski definition) is 4. The Morgan fingerprint density at radius 3 is 2.59 bits per heavy atom. The molecule has 1 N–H and O–H groups in total. The third-order valence-corrected chi connectivity index (χ3v) is 4.31. The van der Waals surface area contributed by atoms with Gasteiger partial charge in [-0.1, -0.05) is 36.0 Å². The van der Waals surface area contributed by atoms with Gasteiger partial charge in [0, 0.05) is 4.90 Å². The molecule has 0 unspecified atom stereocenters. The molecule has 2 aromatic rings. The Hall–Kier alpha value is -2.53. The highest BCUT2D eigenvalue weighted by molar-refractivity contribution is 8.04. The zero-order valence-corrected chi connectivity index (χ0v) is 12.6. The number of ether oxygens (including phenoxy) is 1. The van der Waals surface area contributed by atoms with E-state index in [1.807, 2.05) is 24.3 Å². The number of methoxy groups -OCH3 is 1. The van der Waals surface area contributed by atoms with Gasteiger partial charge < -0.3 is 10.1 Å². The van der Waals surface area contributed by atoms with Crippen molar-refractivity contribution < 1.29 is 14.3 Å². The zero-order valence-electron chi connectivity index (χ0n) is 11.8. The normalized spacial score (nSPS) is 15.1. The third kappa shape index (κ3) is 2.89. The molecule has 0 radical (unpaired) electrons. The van der Waals surface area contributed by atoms with Crippen molar-refractivity contribution in [3.8, 4) is 0 Å². The summed E-state index contributed by atoms with van der Waals surface area (Å²) in [7, 11) is 1.35. The number of para-hydroxylation sites is 1. The number of anilines is 1. The molecule has 0 aliphatic carbocycles. The van der Waals surface area contributed by atoms with E-state index in [0.717, 1.165) is 16.1 Å². The monoisotopic (exact) mass is 311 g/mol. The Balaban J connectivity index is 1.86. The van der Waals surface area contributed by atoms with Crippen LogP contribution in [0.25, 0.3) is 6.08 Å². The fourth-order valence-electron chi connectivity index (χ4n) is 2.09. The summed E-state index contributed by atoms with van der Waals surface area (Å²) in [4.78, 5) is 25.1. The molecule has 0 fully saturated rings. The Labute approximate surface area is 132 Å². The molecule has 1 aliphatic heterocycles. The smallest absolute Gasteiger partial charge is 0.337 e. The first-order valence-corrected chi connectivity index (χ1v) is 7.47. The van der Waals surface area contributed by atoms with Gasteiger partial charge in [0.1, 0.15) is 0 Å². The molecule has 0 bridgehead atoms. The number of carbonyl (C=O) groups excluding carboxylic acids is 2. The number of thioether (sulfide) groups is 1. The van der Waals surface area contributed by atoms with Crippen molar-refractivity contribution >= 4 is 35.4 Å². The number of esters is 1. The van der Waals surface area contributed by atoms with E-state index in [4.69, 9.17) is 0 Å². The second-order valence-electron chi connectivity index (χ2n) is 4.67. The maximum Gasteiger partial charge on any atom is 0.337 e. The van der Waals surface area contributed by atoms with Crippen LogP contribution in [-0.4, -0.2) is 19.0 Å². The van der Waals surface area contributed by atoms with E-state index in [9.17, 15) is 9.59 Å². The Morgan fingerprint density at radius 1 is 1.14 bits per heavy atom. The number of amides is 1. The van der Waals surface area contributed by atoms with Crippen LogP contribution < -0.4 is 5.32 Å². The molecule has 1 amide bonds. The van der Waals surface area contributed by atoms with Gasteiger partial charge >= 0.3 is 5.97 Å². The quantitative estimate of drug-likeness (QED) is 0.680. The maximum absolute atomic E-state index is 12.1. The van der Waals surface area contributed by atoms with E-state index in [2.05, 4.69) is 10.1 Å². The van der Waals surface area contributed by atoms with Crippen LogP contribution in [0.2, 0.25) is 0 Å². The van der Waals surface area contributed by atoms with Crippen LogP contribution in [0.5, 0.6) is 0 Å². The van der Waals surface area contributed by atoms with Gasteiger partial charge in [-0.05, 0) is 35.9 Å². The van der Waals surface area contributed by atoms with Gasteiger partial charge in [0.15, 0.2) is 0 Å². The van der Waals surface area contributed by atoms with E-state index in [-0.39, 0.29) is 11.9 Å². The molecule has 0 saturated carbocycles. The first-order valence-electron chi connectivity index (χ1n) is 6.65. The first kappa shape index (κ1) is 14.4. The number of rotatable bonds is 2. The highest BCUT2D eigenvalue weighted by Gasteiger charge is 2.20. The summed E-state index contributed by atoms with van der Waals surface area (Å²) in [6, 6.07) is 14.6. The van der Waals surface area contributed by atoms with Crippen LogP contribution in [0.15, 0.2) is 58.3 Å². The Morgan fingerprint density at radius 2 is 1.86 bits per heavy atom. The minimum atomic E-state index is -0.377. The van der Waals surface area contributed by atoms with E-state index in [0.29, 0.717) is 10.5 Å². The van der Waals surface area contributed by atoms with E-state index in [1.54, 1.807) is 30.3 Å². The minimum absolute atomic E-state index is 0.124. The average molecular weight is 311 g/mol. The SMILES string of the molecule is COC(=O)c1ccc(/C=C2/Sc3ccccc3NC2=O)cc1. The molecule has 5 heteroatoms. The molecule has 0 spiro atoms. The van der Waals surface area contributed by atoms with Gasteiger partial charge in [0.05, 0.1) is 23.3 Å². The molecular formula is C17H13NO3S. The van der Waals surface area contributed by atoms with Crippen LogP contribution >= 0.6 is 11.8 Å². The highest BCUT2D eigenvalue weighted by atomic mass is 32.2. The molecule has 0 saturated heterocycles. The fourth-order valence-corrected chi connectivity index (χ4v) is 3.04. The zero-order chi connectivity index (χ0) is 15.5. The summed E-state index contributed by atoms with van der Waals surface area (Å²) in [6.45, 7) is 0. The molecule has 110 valence electrons. The average Bonchev–Trinajstić information content (AvgIpc) is 2.55. The van der Waals surface area contributed by atoms with Crippen molar-refractivity contribution in [2.24, 2.45) is 0 Å². The number of hydrogen-bond donors (Lipinski definition) is 1. The summed E-state index contributed by atoms with van der Waals surface area (Å²) in [5, 5.41) is 2.87. The van der Waals surface area contributed by atoms with Gasteiger partial charge in [-0.3, -0.25) is 4.79 Å². The summed E-state index contributed by atoms with van der Waals surface area (Å²) in [5.74, 6) is -0.501. The number of carbonyl (C=O) groups is 2. The van der Waals surface area contributed by atoms with Crippen molar-refractivity contribution in [3.05, 3.63) is 64.6 Å². The summed E-state index contributed by atoms with van der Waals surface area (Å²) < 4.78 is 4.66. The lowest BCUT2D eigenvalue weighted by molar-refractivity contribution is -0.112. The lowest BCUT2D eigenvalue weighted by Crippen LogP contribution is -2.17. The van der Waals surface area contributed by atoms with Crippen molar-refractivity contribution in [1.29, 1.82) is 0 Å². The molecule has 22 heavy (non-hydrogen) atoms. The van der Waals surface area contributed by atoms with Crippen molar-refractivity contribution in [3.63, 3.8) is 0 Å². The Bertz CT molecular complexity index is 766. The van der Waals surface area contributed by atoms with Gasteiger partial charge in [0.25, 0.3) is 5.91 Å². The van der Waals surface area contributed by atoms with Crippen molar-refractivity contribution in [1.82, 2.24) is 0 Å². The van der Waals surface area contributed by atoms with Gasteiger partial charge in [-0.2, -0.15) is 0 Å².